The van der Waals surface area contributed by atoms with Gasteiger partial charge in [-0.1, -0.05) is 0 Å². The maximum absolute atomic E-state index is 11.3. The minimum absolute atomic E-state index is 0.411. The van der Waals surface area contributed by atoms with E-state index in [1.54, 1.807) is 0 Å². The van der Waals surface area contributed by atoms with Crippen LogP contribution in [0.5, 0.6) is 0 Å². The Morgan fingerprint density at radius 3 is 2.93 bits per heavy atom. The molecule has 0 aromatic carbocycles. The Hall–Kier alpha value is -0.670. The van der Waals surface area contributed by atoms with Gasteiger partial charge in [-0.2, -0.15) is 0 Å². The van der Waals surface area contributed by atoms with Crippen LogP contribution < -0.4 is 0 Å². The van der Waals surface area contributed by atoms with E-state index in [1.165, 1.54) is 9.75 Å². The molecular formula is C12H17NOS. The molecule has 1 fully saturated rings. The third-order valence-electron chi connectivity index (χ3n) is 2.98. The molecular weight excluding hydrogens is 206 g/mol. The van der Waals surface area contributed by atoms with Gasteiger partial charge >= 0.3 is 0 Å². The molecule has 0 N–H and O–H groups in total. The zero-order chi connectivity index (χ0) is 10.8. The van der Waals surface area contributed by atoms with Gasteiger partial charge in [0, 0.05) is 41.7 Å². The Morgan fingerprint density at radius 2 is 2.33 bits per heavy atom. The van der Waals surface area contributed by atoms with Crippen molar-refractivity contribution in [1.82, 2.24) is 4.90 Å². The van der Waals surface area contributed by atoms with Crippen LogP contribution in [-0.4, -0.2) is 23.3 Å². The molecule has 0 amide bonds. The third kappa shape index (κ3) is 2.67. The number of nitrogens with zero attached hydrogens (tertiary/aromatic N) is 1. The topological polar surface area (TPSA) is 20.3 Å². The minimum Gasteiger partial charge on any atom is -0.300 e. The number of rotatable bonds is 2. The molecule has 1 aromatic heterocycles. The number of hydrogen-bond acceptors (Lipinski definition) is 3. The molecule has 1 aliphatic rings. The first-order valence-electron chi connectivity index (χ1n) is 5.46. The van der Waals surface area contributed by atoms with Crippen molar-refractivity contribution in [2.24, 2.45) is 0 Å². The van der Waals surface area contributed by atoms with E-state index in [1.807, 2.05) is 11.3 Å². The van der Waals surface area contributed by atoms with E-state index in [-0.39, 0.29) is 0 Å². The molecule has 2 heterocycles. The molecule has 0 aliphatic carbocycles. The van der Waals surface area contributed by atoms with Gasteiger partial charge in [0.2, 0.25) is 0 Å². The van der Waals surface area contributed by atoms with Crippen LogP contribution >= 0.6 is 11.3 Å². The highest BCUT2D eigenvalue weighted by Crippen LogP contribution is 2.21. The Morgan fingerprint density at radius 1 is 1.53 bits per heavy atom. The molecule has 82 valence electrons. The number of piperidine rings is 1. The van der Waals surface area contributed by atoms with Crippen LogP contribution in [0.1, 0.15) is 29.5 Å². The van der Waals surface area contributed by atoms with E-state index in [0.29, 0.717) is 11.8 Å². The fourth-order valence-corrected chi connectivity index (χ4v) is 2.97. The zero-order valence-corrected chi connectivity index (χ0v) is 10.1. The van der Waals surface area contributed by atoms with E-state index in [9.17, 15) is 4.79 Å². The molecule has 1 aromatic rings. The predicted molar refractivity (Wildman–Crippen MR) is 63.2 cm³/mol. The van der Waals surface area contributed by atoms with Crippen LogP contribution in [0.4, 0.5) is 0 Å². The molecule has 1 unspecified atom stereocenters. The van der Waals surface area contributed by atoms with Gasteiger partial charge < -0.3 is 0 Å². The Labute approximate surface area is 94.9 Å². The first kappa shape index (κ1) is 10.8. The molecule has 1 aliphatic heterocycles. The largest absolute Gasteiger partial charge is 0.300 e. The van der Waals surface area contributed by atoms with Crippen LogP contribution in [-0.2, 0) is 11.3 Å². The summed E-state index contributed by atoms with van der Waals surface area (Å²) in [7, 11) is 0. The van der Waals surface area contributed by atoms with Crippen molar-refractivity contribution < 1.29 is 4.79 Å². The smallest absolute Gasteiger partial charge is 0.135 e. The van der Waals surface area contributed by atoms with Gasteiger partial charge in [0.05, 0.1) is 0 Å². The summed E-state index contributed by atoms with van der Waals surface area (Å²) in [5, 5.41) is 0. The summed E-state index contributed by atoms with van der Waals surface area (Å²) in [6.45, 7) is 6.22. The van der Waals surface area contributed by atoms with Crippen LogP contribution in [0.3, 0.4) is 0 Å². The monoisotopic (exact) mass is 223 g/mol. The summed E-state index contributed by atoms with van der Waals surface area (Å²) in [5.41, 5.74) is 0. The highest BCUT2D eigenvalue weighted by atomic mass is 32.1. The van der Waals surface area contributed by atoms with E-state index in [0.717, 1.165) is 25.9 Å². The van der Waals surface area contributed by atoms with Gasteiger partial charge in [0.25, 0.3) is 0 Å². The van der Waals surface area contributed by atoms with E-state index >= 15 is 0 Å². The Balaban J connectivity index is 1.97. The van der Waals surface area contributed by atoms with Crippen LogP contribution in [0.15, 0.2) is 12.1 Å². The highest BCUT2D eigenvalue weighted by molar-refractivity contribution is 7.11. The molecule has 3 heteroatoms. The van der Waals surface area contributed by atoms with E-state index in [2.05, 4.69) is 30.9 Å². The number of Topliss-reactive ketones (excluding diaryl/α,β-unsaturated/α-hetero) is 1. The molecule has 1 saturated heterocycles. The highest BCUT2D eigenvalue weighted by Gasteiger charge is 2.23. The van der Waals surface area contributed by atoms with Crippen LogP contribution in [0.2, 0.25) is 0 Å². The second kappa shape index (κ2) is 4.45. The van der Waals surface area contributed by atoms with Gasteiger partial charge in [-0.15, -0.1) is 11.3 Å². The van der Waals surface area contributed by atoms with Gasteiger partial charge in [-0.3, -0.25) is 9.69 Å². The van der Waals surface area contributed by atoms with Crippen molar-refractivity contribution in [3.05, 3.63) is 21.9 Å². The summed E-state index contributed by atoms with van der Waals surface area (Å²) >= 11 is 1.86. The number of likely N-dealkylation sites (tertiary alicyclic amines) is 1. The summed E-state index contributed by atoms with van der Waals surface area (Å²) in [5.74, 6) is 0.418. The van der Waals surface area contributed by atoms with E-state index < -0.39 is 0 Å². The van der Waals surface area contributed by atoms with Crippen LogP contribution in [0.25, 0.3) is 0 Å². The lowest BCUT2D eigenvalue weighted by Crippen LogP contribution is -2.40. The van der Waals surface area contributed by atoms with Crippen molar-refractivity contribution in [1.29, 1.82) is 0 Å². The number of hydrogen-bond donors (Lipinski definition) is 0. The Bertz CT molecular complexity index is 358. The fourth-order valence-electron chi connectivity index (χ4n) is 2.05. The van der Waals surface area contributed by atoms with Crippen molar-refractivity contribution in [3.8, 4) is 0 Å². The first-order valence-corrected chi connectivity index (χ1v) is 6.28. The normalized spacial score (nSPS) is 23.3. The standard InChI is InChI=1S/C12H17NOS/c1-9-7-11(14)5-6-13(9)8-12-4-3-10(2)15-12/h3-4,9H,5-8H2,1-2H3. The molecule has 15 heavy (non-hydrogen) atoms. The summed E-state index contributed by atoms with van der Waals surface area (Å²) in [6.07, 6.45) is 1.46. The lowest BCUT2D eigenvalue weighted by Gasteiger charge is -2.32. The number of ketones is 1. The average molecular weight is 223 g/mol. The molecule has 0 radical (unpaired) electrons. The lowest BCUT2D eigenvalue weighted by atomic mass is 10.0. The van der Waals surface area contributed by atoms with Crippen molar-refractivity contribution in [2.45, 2.75) is 39.3 Å². The predicted octanol–water partition coefficient (Wildman–Crippen LogP) is 2.61. The summed E-state index contributed by atoms with van der Waals surface area (Å²) < 4.78 is 0. The molecule has 0 spiro atoms. The quantitative estimate of drug-likeness (QED) is 0.768. The second-order valence-electron chi connectivity index (χ2n) is 4.32. The molecule has 2 nitrogen and oxygen atoms in total. The number of carbonyl (C=O) groups is 1. The van der Waals surface area contributed by atoms with Crippen molar-refractivity contribution in [2.75, 3.05) is 6.54 Å². The zero-order valence-electron chi connectivity index (χ0n) is 9.32. The average Bonchev–Trinajstić information content (AvgIpc) is 2.56. The number of carbonyl (C=O) groups excluding carboxylic acids is 1. The van der Waals surface area contributed by atoms with Crippen molar-refractivity contribution >= 4 is 17.1 Å². The number of aryl methyl sites for hydroxylation is 1. The number of thiophene rings is 1. The minimum atomic E-state index is 0.411. The first-order chi connectivity index (χ1) is 7.15. The molecule has 0 saturated carbocycles. The molecule has 1 atom stereocenters. The molecule has 2 rings (SSSR count). The third-order valence-corrected chi connectivity index (χ3v) is 3.96. The van der Waals surface area contributed by atoms with Crippen LogP contribution in [0, 0.1) is 6.92 Å². The second-order valence-corrected chi connectivity index (χ2v) is 5.70. The van der Waals surface area contributed by atoms with E-state index in [4.69, 9.17) is 0 Å². The van der Waals surface area contributed by atoms with Gasteiger partial charge in [-0.05, 0) is 26.0 Å². The lowest BCUT2D eigenvalue weighted by molar-refractivity contribution is -0.123. The summed E-state index contributed by atoms with van der Waals surface area (Å²) in [4.78, 5) is 16.4. The maximum Gasteiger partial charge on any atom is 0.135 e. The van der Waals surface area contributed by atoms with Crippen molar-refractivity contribution in [3.63, 3.8) is 0 Å². The van der Waals surface area contributed by atoms with Gasteiger partial charge in [-0.25, -0.2) is 0 Å². The maximum atomic E-state index is 11.3. The van der Waals surface area contributed by atoms with Gasteiger partial charge in [0.1, 0.15) is 5.78 Å². The van der Waals surface area contributed by atoms with Gasteiger partial charge in [0.15, 0.2) is 0 Å². The Kier molecular flexibility index (Phi) is 3.22. The fraction of sp³-hybridized carbons (Fsp3) is 0.583. The SMILES string of the molecule is Cc1ccc(CN2CCC(=O)CC2C)s1. The molecule has 0 bridgehead atoms. The summed E-state index contributed by atoms with van der Waals surface area (Å²) in [6, 6.07) is 4.77.